The normalized spacial score (nSPS) is 21.8. The first-order chi connectivity index (χ1) is 12.7. The van der Waals surface area contributed by atoms with Crippen molar-refractivity contribution in [1.82, 2.24) is 5.32 Å². The number of amides is 1. The maximum atomic E-state index is 13.2. The molecule has 5 heteroatoms. The van der Waals surface area contributed by atoms with Gasteiger partial charge in [0.1, 0.15) is 0 Å². The minimum atomic E-state index is -0.0745. The zero-order valence-corrected chi connectivity index (χ0v) is 15.7. The molecule has 1 atom stereocenters. The summed E-state index contributed by atoms with van der Waals surface area (Å²) in [6, 6.07) is 9.86. The largest absolute Gasteiger partial charge is 0.487 e. The minimum Gasteiger partial charge on any atom is -0.487 e. The fraction of sp³-hybridized carbons (Fsp3) is 0.571. The second kappa shape index (κ2) is 9.08. The van der Waals surface area contributed by atoms with Gasteiger partial charge in [0, 0.05) is 18.2 Å². The van der Waals surface area contributed by atoms with Crippen LogP contribution in [0.2, 0.25) is 0 Å². The Morgan fingerprint density at radius 3 is 2.62 bits per heavy atom. The molecule has 1 aliphatic heterocycles. The minimum absolute atomic E-state index is 0.0599. The molecular formula is C21H31N3O2. The lowest BCUT2D eigenvalue weighted by Gasteiger charge is -2.36. The molecule has 1 aliphatic carbocycles. The summed E-state index contributed by atoms with van der Waals surface area (Å²) in [5.41, 5.74) is 7.42. The van der Waals surface area contributed by atoms with Crippen molar-refractivity contribution in [2.24, 2.45) is 11.7 Å². The van der Waals surface area contributed by atoms with E-state index in [1.165, 1.54) is 32.1 Å². The smallest absolute Gasteiger partial charge is 0.295 e. The SMILES string of the molecule is CC1CC(NCN)=C(OCCC2CCCCC2)C(=O)N1c1ccccc1. The van der Waals surface area contributed by atoms with Gasteiger partial charge in [0.25, 0.3) is 5.91 Å². The van der Waals surface area contributed by atoms with E-state index in [1.807, 2.05) is 35.2 Å². The summed E-state index contributed by atoms with van der Waals surface area (Å²) in [6.07, 6.45) is 8.33. The van der Waals surface area contributed by atoms with Gasteiger partial charge in [0.05, 0.1) is 19.0 Å². The fourth-order valence-corrected chi connectivity index (χ4v) is 4.11. The molecule has 1 saturated carbocycles. The molecule has 5 nitrogen and oxygen atoms in total. The van der Waals surface area contributed by atoms with Crippen molar-refractivity contribution < 1.29 is 9.53 Å². The second-order valence-corrected chi connectivity index (χ2v) is 7.39. The standard InChI is InChI=1S/C21H31N3O2/c1-16-14-19(23-15-22)20(26-13-12-17-8-4-2-5-9-17)21(25)24(16)18-10-6-3-7-11-18/h3,6-7,10-11,16-17,23H,2,4-5,8-9,12-15,22H2,1H3. The molecule has 1 fully saturated rings. The van der Waals surface area contributed by atoms with Crippen molar-refractivity contribution >= 4 is 11.6 Å². The van der Waals surface area contributed by atoms with Crippen LogP contribution in [-0.4, -0.2) is 25.2 Å². The number of para-hydroxylation sites is 1. The van der Waals surface area contributed by atoms with E-state index >= 15 is 0 Å². The van der Waals surface area contributed by atoms with E-state index in [-0.39, 0.29) is 11.9 Å². The lowest BCUT2D eigenvalue weighted by Crippen LogP contribution is -2.46. The van der Waals surface area contributed by atoms with Crippen molar-refractivity contribution in [2.45, 2.75) is 57.9 Å². The van der Waals surface area contributed by atoms with Crippen LogP contribution in [-0.2, 0) is 9.53 Å². The number of benzene rings is 1. The van der Waals surface area contributed by atoms with Crippen molar-refractivity contribution in [2.75, 3.05) is 18.2 Å². The van der Waals surface area contributed by atoms with E-state index in [1.54, 1.807) is 0 Å². The highest BCUT2D eigenvalue weighted by atomic mass is 16.5. The lowest BCUT2D eigenvalue weighted by molar-refractivity contribution is -0.119. The molecule has 3 N–H and O–H groups in total. The molecule has 0 spiro atoms. The van der Waals surface area contributed by atoms with Gasteiger partial charge in [-0.15, -0.1) is 0 Å². The Labute approximate surface area is 156 Å². The fourth-order valence-electron chi connectivity index (χ4n) is 4.11. The molecule has 1 amide bonds. The number of carbonyl (C=O) groups is 1. The highest BCUT2D eigenvalue weighted by Crippen LogP contribution is 2.30. The Morgan fingerprint density at radius 1 is 1.19 bits per heavy atom. The van der Waals surface area contributed by atoms with Crippen LogP contribution in [0.4, 0.5) is 5.69 Å². The average molecular weight is 357 g/mol. The molecule has 0 saturated heterocycles. The first-order valence-corrected chi connectivity index (χ1v) is 9.89. The molecule has 0 radical (unpaired) electrons. The zero-order valence-electron chi connectivity index (χ0n) is 15.7. The van der Waals surface area contributed by atoms with Gasteiger partial charge in [-0.3, -0.25) is 4.79 Å². The number of anilines is 1. The summed E-state index contributed by atoms with van der Waals surface area (Å²) >= 11 is 0. The van der Waals surface area contributed by atoms with Gasteiger partial charge in [-0.25, -0.2) is 0 Å². The second-order valence-electron chi connectivity index (χ2n) is 7.39. The number of nitrogens with zero attached hydrogens (tertiary/aromatic N) is 1. The first kappa shape index (κ1) is 18.8. The average Bonchev–Trinajstić information content (AvgIpc) is 2.66. The van der Waals surface area contributed by atoms with E-state index in [4.69, 9.17) is 10.5 Å². The number of nitrogens with two attached hydrogens (primary N) is 1. The predicted octanol–water partition coefficient (Wildman–Crippen LogP) is 3.52. The van der Waals surface area contributed by atoms with E-state index in [9.17, 15) is 4.79 Å². The Hall–Kier alpha value is -2.01. The summed E-state index contributed by atoms with van der Waals surface area (Å²) < 4.78 is 6.03. The van der Waals surface area contributed by atoms with Crippen molar-refractivity contribution in [3.8, 4) is 0 Å². The topological polar surface area (TPSA) is 67.6 Å². The molecular weight excluding hydrogens is 326 g/mol. The Bertz CT molecular complexity index is 623. The molecule has 2 aliphatic rings. The van der Waals surface area contributed by atoms with Crippen LogP contribution in [0.5, 0.6) is 0 Å². The van der Waals surface area contributed by atoms with Crippen LogP contribution in [0.3, 0.4) is 0 Å². The molecule has 1 aromatic carbocycles. The summed E-state index contributed by atoms with van der Waals surface area (Å²) in [5.74, 6) is 1.10. The van der Waals surface area contributed by atoms with Gasteiger partial charge in [-0.1, -0.05) is 50.3 Å². The van der Waals surface area contributed by atoms with Crippen LogP contribution in [0.15, 0.2) is 41.8 Å². The number of carbonyl (C=O) groups excluding carboxylic acids is 1. The van der Waals surface area contributed by atoms with Crippen molar-refractivity contribution in [3.05, 3.63) is 41.8 Å². The third kappa shape index (κ3) is 4.39. The third-order valence-corrected chi connectivity index (χ3v) is 5.47. The molecule has 142 valence electrons. The monoisotopic (exact) mass is 357 g/mol. The Balaban J connectivity index is 1.72. The van der Waals surface area contributed by atoms with Gasteiger partial charge in [0.15, 0.2) is 0 Å². The number of nitrogens with one attached hydrogen (secondary N) is 1. The summed E-state index contributed by atoms with van der Waals surface area (Å²) in [5, 5.41) is 3.14. The lowest BCUT2D eigenvalue weighted by atomic mass is 9.87. The maximum absolute atomic E-state index is 13.2. The Morgan fingerprint density at radius 2 is 1.92 bits per heavy atom. The molecule has 1 aromatic rings. The van der Waals surface area contributed by atoms with Crippen LogP contribution in [0.25, 0.3) is 0 Å². The highest BCUT2D eigenvalue weighted by molar-refractivity contribution is 6.06. The first-order valence-electron chi connectivity index (χ1n) is 9.89. The van der Waals surface area contributed by atoms with Crippen LogP contribution < -0.4 is 16.0 Å². The third-order valence-electron chi connectivity index (χ3n) is 5.47. The molecule has 26 heavy (non-hydrogen) atoms. The molecule has 1 unspecified atom stereocenters. The van der Waals surface area contributed by atoms with Crippen LogP contribution in [0, 0.1) is 5.92 Å². The van der Waals surface area contributed by atoms with Crippen molar-refractivity contribution in [1.29, 1.82) is 0 Å². The van der Waals surface area contributed by atoms with Gasteiger partial charge < -0.3 is 20.7 Å². The van der Waals surface area contributed by atoms with Gasteiger partial charge in [-0.05, 0) is 31.4 Å². The van der Waals surface area contributed by atoms with Crippen molar-refractivity contribution in [3.63, 3.8) is 0 Å². The highest BCUT2D eigenvalue weighted by Gasteiger charge is 2.34. The number of ether oxygens (including phenoxy) is 1. The van der Waals surface area contributed by atoms with Gasteiger partial charge in [0.2, 0.25) is 5.76 Å². The van der Waals surface area contributed by atoms with E-state index in [0.717, 1.165) is 30.1 Å². The van der Waals surface area contributed by atoms with E-state index < -0.39 is 0 Å². The maximum Gasteiger partial charge on any atom is 0.295 e. The van der Waals surface area contributed by atoms with Crippen LogP contribution in [0.1, 0.15) is 51.9 Å². The zero-order chi connectivity index (χ0) is 18.4. The van der Waals surface area contributed by atoms with Gasteiger partial charge in [-0.2, -0.15) is 0 Å². The van der Waals surface area contributed by atoms with E-state index in [0.29, 0.717) is 19.0 Å². The summed E-state index contributed by atoms with van der Waals surface area (Å²) in [7, 11) is 0. The molecule has 3 rings (SSSR count). The summed E-state index contributed by atoms with van der Waals surface area (Å²) in [6.45, 7) is 2.95. The number of hydrogen-bond acceptors (Lipinski definition) is 4. The van der Waals surface area contributed by atoms with Gasteiger partial charge >= 0.3 is 0 Å². The number of hydrogen-bond donors (Lipinski definition) is 2. The number of rotatable bonds is 7. The van der Waals surface area contributed by atoms with Crippen LogP contribution >= 0.6 is 0 Å². The molecule has 1 heterocycles. The molecule has 0 aromatic heterocycles. The summed E-state index contributed by atoms with van der Waals surface area (Å²) in [4.78, 5) is 15.0. The quantitative estimate of drug-likeness (QED) is 0.733. The Kier molecular flexibility index (Phi) is 6.56. The van der Waals surface area contributed by atoms with E-state index in [2.05, 4.69) is 12.2 Å². The predicted molar refractivity (Wildman–Crippen MR) is 104 cm³/mol. The molecule has 0 bridgehead atoms.